The number of carbonyl (C=O) groups is 1. The first-order chi connectivity index (χ1) is 6.77. The monoisotopic (exact) mass is 267 g/mol. The average Bonchev–Trinajstić information content (AvgIpc) is 2.69. The van der Waals surface area contributed by atoms with E-state index in [1.165, 1.54) is 11.3 Å². The first-order valence-electron chi connectivity index (χ1n) is 3.95. The van der Waals surface area contributed by atoms with Crippen LogP contribution < -0.4 is 0 Å². The molecular weight excluding hydrogens is 262 g/mol. The van der Waals surface area contributed by atoms with Crippen LogP contribution in [-0.2, 0) is 0 Å². The van der Waals surface area contributed by atoms with E-state index in [0.717, 1.165) is 10.0 Å². The molecule has 0 aliphatic heterocycles. The summed E-state index contributed by atoms with van der Waals surface area (Å²) < 4.78 is 0.818. The zero-order chi connectivity index (χ0) is 9.97. The Morgan fingerprint density at radius 2 is 2.21 bits per heavy atom. The van der Waals surface area contributed by atoms with Gasteiger partial charge in [-0.2, -0.15) is 11.3 Å². The Hall–Kier alpha value is -1.00. The molecule has 0 radical (unpaired) electrons. The molecule has 70 valence electrons. The number of nitrogens with zero attached hydrogens (tertiary/aromatic N) is 1. The first kappa shape index (κ1) is 9.55. The third-order valence-corrected chi connectivity index (χ3v) is 2.87. The highest BCUT2D eigenvalue weighted by Gasteiger charge is 2.09. The molecule has 0 N–H and O–H groups in total. The third-order valence-electron chi connectivity index (χ3n) is 1.75. The Bertz CT molecular complexity index is 453. The number of hydrogen-bond donors (Lipinski definition) is 0. The van der Waals surface area contributed by atoms with E-state index >= 15 is 0 Å². The van der Waals surface area contributed by atoms with Crippen LogP contribution in [0.15, 0.2) is 39.8 Å². The zero-order valence-electron chi connectivity index (χ0n) is 7.11. The molecule has 0 aliphatic carbocycles. The van der Waals surface area contributed by atoms with E-state index in [9.17, 15) is 4.79 Å². The molecular formula is C10H6BrNOS. The van der Waals surface area contributed by atoms with E-state index in [-0.39, 0.29) is 5.78 Å². The quantitative estimate of drug-likeness (QED) is 0.783. The van der Waals surface area contributed by atoms with Crippen LogP contribution in [0, 0.1) is 0 Å². The van der Waals surface area contributed by atoms with E-state index in [1.807, 2.05) is 16.8 Å². The Morgan fingerprint density at radius 1 is 1.36 bits per heavy atom. The van der Waals surface area contributed by atoms with Gasteiger partial charge in [-0.05, 0) is 33.4 Å². The van der Waals surface area contributed by atoms with Gasteiger partial charge in [-0.1, -0.05) is 0 Å². The molecule has 0 spiro atoms. The molecule has 2 heterocycles. The lowest BCUT2D eigenvalue weighted by Crippen LogP contribution is -1.99. The van der Waals surface area contributed by atoms with E-state index < -0.39 is 0 Å². The first-order valence-corrected chi connectivity index (χ1v) is 5.68. The summed E-state index contributed by atoms with van der Waals surface area (Å²) >= 11 is 4.80. The number of ketones is 1. The van der Waals surface area contributed by atoms with E-state index in [1.54, 1.807) is 18.5 Å². The minimum Gasteiger partial charge on any atom is -0.289 e. The van der Waals surface area contributed by atoms with Gasteiger partial charge in [0, 0.05) is 33.4 Å². The highest BCUT2D eigenvalue weighted by Crippen LogP contribution is 2.15. The number of aromatic nitrogens is 1. The van der Waals surface area contributed by atoms with Gasteiger partial charge in [0.25, 0.3) is 0 Å². The SMILES string of the molecule is O=C(c1ccsc1)c1cncc(Br)c1. The second-order valence-electron chi connectivity index (χ2n) is 2.73. The van der Waals surface area contributed by atoms with Crippen LogP contribution in [0.4, 0.5) is 0 Å². The van der Waals surface area contributed by atoms with E-state index in [4.69, 9.17) is 0 Å². The smallest absolute Gasteiger partial charge is 0.195 e. The van der Waals surface area contributed by atoms with Gasteiger partial charge in [0.1, 0.15) is 0 Å². The number of carbonyl (C=O) groups excluding carboxylic acids is 1. The molecule has 0 fully saturated rings. The topological polar surface area (TPSA) is 30.0 Å². The Labute approximate surface area is 93.7 Å². The molecule has 2 rings (SSSR count). The van der Waals surface area contributed by atoms with Crippen LogP contribution in [0.2, 0.25) is 0 Å². The van der Waals surface area contributed by atoms with Gasteiger partial charge in [0.05, 0.1) is 0 Å². The van der Waals surface area contributed by atoms with Crippen molar-refractivity contribution in [3.63, 3.8) is 0 Å². The fourth-order valence-electron chi connectivity index (χ4n) is 1.10. The number of halogens is 1. The highest BCUT2D eigenvalue weighted by molar-refractivity contribution is 9.10. The van der Waals surface area contributed by atoms with Crippen molar-refractivity contribution < 1.29 is 4.79 Å². The summed E-state index contributed by atoms with van der Waals surface area (Å²) in [5.74, 6) is 0.0139. The van der Waals surface area contributed by atoms with Crippen LogP contribution in [0.1, 0.15) is 15.9 Å². The lowest BCUT2D eigenvalue weighted by Gasteiger charge is -1.97. The number of rotatable bonds is 2. The largest absolute Gasteiger partial charge is 0.289 e. The van der Waals surface area contributed by atoms with Gasteiger partial charge in [-0.15, -0.1) is 0 Å². The molecule has 2 nitrogen and oxygen atoms in total. The molecule has 2 aromatic rings. The molecule has 0 saturated heterocycles. The fraction of sp³-hybridized carbons (Fsp3) is 0. The van der Waals surface area contributed by atoms with Gasteiger partial charge in [-0.3, -0.25) is 9.78 Å². The van der Waals surface area contributed by atoms with Crippen molar-refractivity contribution in [1.29, 1.82) is 0 Å². The second kappa shape index (κ2) is 4.02. The van der Waals surface area contributed by atoms with Crippen LogP contribution >= 0.6 is 27.3 Å². The van der Waals surface area contributed by atoms with Crippen molar-refractivity contribution in [3.8, 4) is 0 Å². The summed E-state index contributed by atoms with van der Waals surface area (Å²) in [6.07, 6.45) is 3.23. The molecule has 0 saturated carbocycles. The Morgan fingerprint density at radius 3 is 2.86 bits per heavy atom. The molecule has 0 unspecified atom stereocenters. The lowest BCUT2D eigenvalue weighted by molar-refractivity contribution is 0.103. The summed E-state index contributed by atoms with van der Waals surface area (Å²) in [7, 11) is 0. The third kappa shape index (κ3) is 1.91. The van der Waals surface area contributed by atoms with Crippen molar-refractivity contribution in [2.24, 2.45) is 0 Å². The summed E-state index contributed by atoms with van der Waals surface area (Å²) in [6.45, 7) is 0. The van der Waals surface area contributed by atoms with Gasteiger partial charge in [-0.25, -0.2) is 0 Å². The van der Waals surface area contributed by atoms with Crippen molar-refractivity contribution in [1.82, 2.24) is 4.98 Å². The molecule has 4 heteroatoms. The molecule has 0 amide bonds. The van der Waals surface area contributed by atoms with Crippen LogP contribution in [0.3, 0.4) is 0 Å². The maximum absolute atomic E-state index is 11.8. The Balaban J connectivity index is 2.37. The molecule has 0 aliphatic rings. The lowest BCUT2D eigenvalue weighted by atomic mass is 10.1. The van der Waals surface area contributed by atoms with Gasteiger partial charge < -0.3 is 0 Å². The predicted molar refractivity (Wildman–Crippen MR) is 59.7 cm³/mol. The molecule has 14 heavy (non-hydrogen) atoms. The maximum Gasteiger partial charge on any atom is 0.195 e. The maximum atomic E-state index is 11.8. The van der Waals surface area contributed by atoms with Crippen molar-refractivity contribution in [2.75, 3.05) is 0 Å². The Kier molecular flexibility index (Phi) is 2.74. The standard InChI is InChI=1S/C10H6BrNOS/c11-9-3-8(4-12-5-9)10(13)7-1-2-14-6-7/h1-6H. The minimum absolute atomic E-state index is 0.0139. The van der Waals surface area contributed by atoms with Crippen LogP contribution in [0.5, 0.6) is 0 Å². The molecule has 2 aromatic heterocycles. The predicted octanol–water partition coefficient (Wildman–Crippen LogP) is 3.14. The molecule has 0 aromatic carbocycles. The fourth-order valence-corrected chi connectivity index (χ4v) is 2.10. The summed E-state index contributed by atoms with van der Waals surface area (Å²) in [5.41, 5.74) is 1.33. The van der Waals surface area contributed by atoms with E-state index in [0.29, 0.717) is 5.56 Å². The number of pyridine rings is 1. The van der Waals surface area contributed by atoms with Gasteiger partial charge >= 0.3 is 0 Å². The summed E-state index contributed by atoms with van der Waals surface area (Å²) in [5, 5.41) is 3.72. The van der Waals surface area contributed by atoms with E-state index in [2.05, 4.69) is 20.9 Å². The van der Waals surface area contributed by atoms with Gasteiger partial charge in [0.15, 0.2) is 5.78 Å². The van der Waals surface area contributed by atoms with Gasteiger partial charge in [0.2, 0.25) is 0 Å². The molecule has 0 bridgehead atoms. The van der Waals surface area contributed by atoms with Crippen LogP contribution in [-0.4, -0.2) is 10.8 Å². The minimum atomic E-state index is 0.0139. The molecule has 0 atom stereocenters. The average molecular weight is 268 g/mol. The normalized spacial score (nSPS) is 10.1. The van der Waals surface area contributed by atoms with Crippen LogP contribution in [0.25, 0.3) is 0 Å². The summed E-state index contributed by atoms with van der Waals surface area (Å²) in [4.78, 5) is 15.8. The highest BCUT2D eigenvalue weighted by atomic mass is 79.9. The second-order valence-corrected chi connectivity index (χ2v) is 4.43. The van der Waals surface area contributed by atoms with Crippen molar-refractivity contribution in [3.05, 3.63) is 50.9 Å². The van der Waals surface area contributed by atoms with Crippen molar-refractivity contribution >= 4 is 33.0 Å². The summed E-state index contributed by atoms with van der Waals surface area (Å²) in [6, 6.07) is 3.58. The number of hydrogen-bond acceptors (Lipinski definition) is 3. The van der Waals surface area contributed by atoms with Crippen molar-refractivity contribution in [2.45, 2.75) is 0 Å². The zero-order valence-corrected chi connectivity index (χ0v) is 9.51. The number of thiophene rings is 1.